The van der Waals surface area contributed by atoms with Crippen molar-refractivity contribution < 1.29 is 0 Å². The van der Waals surface area contributed by atoms with Crippen LogP contribution in [0.25, 0.3) is 0 Å². The lowest BCUT2D eigenvalue weighted by molar-refractivity contribution is -0.0541. The Kier molecular flexibility index (Phi) is 3.31. The standard InChI is InChI=1S/C22H37N/c1-21(2)19-4-6-22(21,3)14-23(13-19)7-5-20-17-9-15-8-16(11-17)12-18(20)10-15/h15-20H,4-14H2,1-3H3/t15?,16?,17?,18?,19?,20?,22-/m1/s1. The van der Waals surface area contributed by atoms with Crippen LogP contribution in [0.1, 0.15) is 72.1 Å². The summed E-state index contributed by atoms with van der Waals surface area (Å²) in [4.78, 5) is 2.88. The van der Waals surface area contributed by atoms with Crippen LogP contribution in [-0.4, -0.2) is 24.5 Å². The highest BCUT2D eigenvalue weighted by atomic mass is 15.2. The average molecular weight is 316 g/mol. The summed E-state index contributed by atoms with van der Waals surface area (Å²) in [6.45, 7) is 11.9. The number of fused-ring (bicyclic) bond motifs is 2. The Hall–Kier alpha value is -0.0400. The quantitative estimate of drug-likeness (QED) is 0.691. The van der Waals surface area contributed by atoms with E-state index in [2.05, 4.69) is 25.7 Å². The Morgan fingerprint density at radius 1 is 0.913 bits per heavy atom. The van der Waals surface area contributed by atoms with E-state index in [1.165, 1.54) is 38.9 Å². The Morgan fingerprint density at radius 2 is 1.57 bits per heavy atom. The molecule has 130 valence electrons. The molecule has 1 heterocycles. The molecule has 5 saturated carbocycles. The molecule has 1 heteroatoms. The second-order valence-corrected chi connectivity index (χ2v) is 11.1. The minimum absolute atomic E-state index is 0.576. The molecule has 6 aliphatic rings. The Labute approximate surface area is 143 Å². The number of piperidine rings is 1. The van der Waals surface area contributed by atoms with Crippen molar-refractivity contribution in [2.75, 3.05) is 19.6 Å². The zero-order valence-electron chi connectivity index (χ0n) is 15.7. The highest BCUT2D eigenvalue weighted by Crippen LogP contribution is 2.60. The first-order valence-electron chi connectivity index (χ1n) is 10.7. The fourth-order valence-electron chi connectivity index (χ4n) is 8.15. The van der Waals surface area contributed by atoms with Crippen LogP contribution >= 0.6 is 0 Å². The Morgan fingerprint density at radius 3 is 2.17 bits per heavy atom. The van der Waals surface area contributed by atoms with Crippen LogP contribution in [0.5, 0.6) is 0 Å². The van der Waals surface area contributed by atoms with Gasteiger partial charge in [0.2, 0.25) is 0 Å². The Balaban J connectivity index is 1.23. The highest BCUT2D eigenvalue weighted by molar-refractivity contribution is 5.06. The largest absolute Gasteiger partial charge is 0.302 e. The molecular weight excluding hydrogens is 278 g/mol. The fourth-order valence-corrected chi connectivity index (χ4v) is 8.15. The van der Waals surface area contributed by atoms with Gasteiger partial charge in [-0.2, -0.15) is 0 Å². The van der Waals surface area contributed by atoms with Crippen LogP contribution in [-0.2, 0) is 0 Å². The third-order valence-corrected chi connectivity index (χ3v) is 9.87. The molecule has 1 nitrogen and oxygen atoms in total. The van der Waals surface area contributed by atoms with E-state index in [9.17, 15) is 0 Å². The third kappa shape index (κ3) is 2.21. The molecule has 6 fully saturated rings. The number of rotatable bonds is 3. The van der Waals surface area contributed by atoms with E-state index in [1.54, 1.807) is 32.1 Å². The van der Waals surface area contributed by atoms with Crippen LogP contribution < -0.4 is 0 Å². The van der Waals surface area contributed by atoms with Crippen molar-refractivity contribution in [3.63, 3.8) is 0 Å². The van der Waals surface area contributed by atoms with Crippen molar-refractivity contribution in [2.45, 2.75) is 72.1 Å². The van der Waals surface area contributed by atoms with Crippen molar-refractivity contribution in [1.29, 1.82) is 0 Å². The van der Waals surface area contributed by atoms with E-state index in [0.717, 1.165) is 35.5 Å². The van der Waals surface area contributed by atoms with Gasteiger partial charge in [-0.05, 0) is 104 Å². The summed E-state index contributed by atoms with van der Waals surface area (Å²) >= 11 is 0. The maximum atomic E-state index is 2.88. The molecule has 0 aromatic heterocycles. The molecule has 0 spiro atoms. The van der Waals surface area contributed by atoms with Gasteiger partial charge in [-0.25, -0.2) is 0 Å². The lowest BCUT2D eigenvalue weighted by atomic mass is 9.51. The molecule has 0 radical (unpaired) electrons. The topological polar surface area (TPSA) is 3.24 Å². The first kappa shape index (κ1) is 15.2. The minimum Gasteiger partial charge on any atom is -0.302 e. The minimum atomic E-state index is 0.576. The second kappa shape index (κ2) is 4.99. The van der Waals surface area contributed by atoms with Crippen LogP contribution in [0.4, 0.5) is 0 Å². The molecule has 0 aromatic rings. The zero-order valence-corrected chi connectivity index (χ0v) is 15.7. The molecule has 2 atom stereocenters. The Bertz CT molecular complexity index is 452. The van der Waals surface area contributed by atoms with Crippen molar-refractivity contribution in [3.05, 3.63) is 0 Å². The maximum Gasteiger partial charge on any atom is 0.00407 e. The summed E-state index contributed by atoms with van der Waals surface area (Å²) in [5, 5.41) is 0. The monoisotopic (exact) mass is 315 g/mol. The van der Waals surface area contributed by atoms with Gasteiger partial charge >= 0.3 is 0 Å². The van der Waals surface area contributed by atoms with Gasteiger partial charge in [0.05, 0.1) is 0 Å². The van der Waals surface area contributed by atoms with Crippen LogP contribution in [0.2, 0.25) is 0 Å². The molecule has 0 N–H and O–H groups in total. The molecule has 1 aliphatic heterocycles. The molecule has 5 aliphatic carbocycles. The normalized spacial score (nSPS) is 53.9. The van der Waals surface area contributed by atoms with Crippen molar-refractivity contribution in [3.8, 4) is 0 Å². The zero-order chi connectivity index (χ0) is 15.8. The van der Waals surface area contributed by atoms with Crippen LogP contribution in [0, 0.1) is 46.3 Å². The van der Waals surface area contributed by atoms with E-state index in [-0.39, 0.29) is 0 Å². The van der Waals surface area contributed by atoms with Crippen LogP contribution in [0.3, 0.4) is 0 Å². The molecule has 0 amide bonds. The maximum absolute atomic E-state index is 2.88. The number of likely N-dealkylation sites (tertiary alicyclic amines) is 1. The first-order valence-corrected chi connectivity index (χ1v) is 10.7. The lowest BCUT2D eigenvalue weighted by Crippen LogP contribution is -2.53. The van der Waals surface area contributed by atoms with Gasteiger partial charge in [-0.15, -0.1) is 0 Å². The summed E-state index contributed by atoms with van der Waals surface area (Å²) in [5.74, 6) is 6.58. The van der Waals surface area contributed by atoms with E-state index in [4.69, 9.17) is 0 Å². The van der Waals surface area contributed by atoms with E-state index in [1.807, 2.05) is 0 Å². The molecular formula is C22H37N. The fraction of sp³-hybridized carbons (Fsp3) is 1.00. The molecule has 1 unspecified atom stereocenters. The summed E-state index contributed by atoms with van der Waals surface area (Å²) in [6, 6.07) is 0. The molecule has 0 aromatic carbocycles. The molecule has 23 heavy (non-hydrogen) atoms. The van der Waals surface area contributed by atoms with Crippen molar-refractivity contribution >= 4 is 0 Å². The summed E-state index contributed by atoms with van der Waals surface area (Å²) < 4.78 is 0. The predicted molar refractivity (Wildman–Crippen MR) is 96.2 cm³/mol. The van der Waals surface area contributed by atoms with Gasteiger partial charge in [-0.1, -0.05) is 20.8 Å². The van der Waals surface area contributed by atoms with E-state index >= 15 is 0 Å². The van der Waals surface area contributed by atoms with Crippen molar-refractivity contribution in [1.82, 2.24) is 4.90 Å². The lowest BCUT2D eigenvalue weighted by Gasteiger charge is -2.55. The highest BCUT2D eigenvalue weighted by Gasteiger charge is 2.55. The summed E-state index contributed by atoms with van der Waals surface area (Å²) in [7, 11) is 0. The van der Waals surface area contributed by atoms with Gasteiger partial charge in [0.15, 0.2) is 0 Å². The van der Waals surface area contributed by atoms with Gasteiger partial charge < -0.3 is 4.90 Å². The van der Waals surface area contributed by atoms with Gasteiger partial charge in [0, 0.05) is 13.1 Å². The van der Waals surface area contributed by atoms with Gasteiger partial charge in [0.25, 0.3) is 0 Å². The number of hydrogen-bond donors (Lipinski definition) is 0. The van der Waals surface area contributed by atoms with Crippen molar-refractivity contribution in [2.24, 2.45) is 46.3 Å². The third-order valence-electron chi connectivity index (χ3n) is 9.87. The molecule has 6 bridgehead atoms. The number of hydrogen-bond acceptors (Lipinski definition) is 1. The van der Waals surface area contributed by atoms with E-state index in [0.29, 0.717) is 10.8 Å². The average Bonchev–Trinajstić information content (AvgIpc) is 2.62. The SMILES string of the molecule is CC1(C)C2CC[C@]1(C)CN(CCC1C3CC4CC(C3)CC1C4)C2. The molecule has 1 saturated heterocycles. The molecule has 6 rings (SSSR count). The van der Waals surface area contributed by atoms with Gasteiger partial charge in [0.1, 0.15) is 0 Å². The smallest absolute Gasteiger partial charge is 0.00407 e. The van der Waals surface area contributed by atoms with E-state index < -0.39 is 0 Å². The summed E-state index contributed by atoms with van der Waals surface area (Å²) in [6.07, 6.45) is 12.5. The second-order valence-electron chi connectivity index (χ2n) is 11.1. The summed E-state index contributed by atoms with van der Waals surface area (Å²) in [5.41, 5.74) is 1.16. The number of nitrogens with zero attached hydrogens (tertiary/aromatic N) is 1. The van der Waals surface area contributed by atoms with Crippen LogP contribution in [0.15, 0.2) is 0 Å². The predicted octanol–water partition coefficient (Wildman–Crippen LogP) is 5.21. The first-order chi connectivity index (χ1) is 10.9. The van der Waals surface area contributed by atoms with Gasteiger partial charge in [-0.3, -0.25) is 0 Å².